The summed E-state index contributed by atoms with van der Waals surface area (Å²) in [4.78, 5) is 32.4. The first-order valence-electron chi connectivity index (χ1n) is 9.05. The van der Waals surface area contributed by atoms with E-state index in [1.54, 1.807) is 24.3 Å². The van der Waals surface area contributed by atoms with E-state index >= 15 is 0 Å². The highest BCUT2D eigenvalue weighted by Gasteiger charge is 2.15. The number of amides is 2. The lowest BCUT2D eigenvalue weighted by molar-refractivity contribution is -0.114. The number of likely N-dealkylation sites (N-methyl/N-ethyl adjacent to an activating group) is 1. The molecule has 0 spiro atoms. The second-order valence-electron chi connectivity index (χ2n) is 6.76. The summed E-state index contributed by atoms with van der Waals surface area (Å²) in [6, 6.07) is 10.8. The van der Waals surface area contributed by atoms with E-state index in [9.17, 15) is 9.59 Å². The van der Waals surface area contributed by atoms with Gasteiger partial charge in [0.2, 0.25) is 5.91 Å². The van der Waals surface area contributed by atoms with Crippen LogP contribution in [-0.4, -0.2) is 54.9 Å². The zero-order valence-electron chi connectivity index (χ0n) is 15.7. The number of nitrogens with zero attached hydrogens (tertiary/aromatic N) is 3. The average molecular weight is 367 g/mol. The van der Waals surface area contributed by atoms with E-state index in [-0.39, 0.29) is 11.8 Å². The van der Waals surface area contributed by atoms with Gasteiger partial charge in [-0.05, 0) is 42.9 Å². The number of piperazine rings is 1. The fraction of sp³-hybridized carbons (Fsp3) is 0.350. The highest BCUT2D eigenvalue weighted by molar-refractivity contribution is 5.95. The average Bonchev–Trinajstić information content (AvgIpc) is 2.67. The molecule has 2 N–H and O–H groups in total. The van der Waals surface area contributed by atoms with E-state index in [0.29, 0.717) is 17.8 Å². The normalized spacial score (nSPS) is 14.7. The lowest BCUT2D eigenvalue weighted by Gasteiger charge is -2.33. The fourth-order valence-corrected chi connectivity index (χ4v) is 2.94. The van der Waals surface area contributed by atoms with E-state index < -0.39 is 0 Å². The Morgan fingerprint density at radius 2 is 1.74 bits per heavy atom. The van der Waals surface area contributed by atoms with Crippen molar-refractivity contribution in [3.8, 4) is 0 Å². The van der Waals surface area contributed by atoms with E-state index in [4.69, 9.17) is 0 Å². The van der Waals surface area contributed by atoms with Crippen LogP contribution in [0.25, 0.3) is 0 Å². The van der Waals surface area contributed by atoms with Gasteiger partial charge in [-0.3, -0.25) is 9.59 Å². The van der Waals surface area contributed by atoms with Crippen LogP contribution in [0.2, 0.25) is 0 Å². The lowest BCUT2D eigenvalue weighted by atomic mass is 10.2. The van der Waals surface area contributed by atoms with Crippen molar-refractivity contribution < 1.29 is 9.59 Å². The molecule has 27 heavy (non-hydrogen) atoms. The standard InChI is InChI=1S/C20H25N5O2/c1-15(26)23-18-6-4-17(5-7-18)20(27)22-14-16-3-8-19(21-13-16)25-11-9-24(2)10-12-25/h3-8,13H,9-12,14H2,1-2H3,(H,22,27)(H,23,26). The van der Waals surface area contributed by atoms with E-state index in [2.05, 4.69) is 32.5 Å². The molecule has 142 valence electrons. The molecule has 1 saturated heterocycles. The van der Waals surface area contributed by atoms with Crippen molar-refractivity contribution in [3.63, 3.8) is 0 Å². The number of hydrogen-bond acceptors (Lipinski definition) is 5. The van der Waals surface area contributed by atoms with E-state index in [1.807, 2.05) is 18.3 Å². The summed E-state index contributed by atoms with van der Waals surface area (Å²) < 4.78 is 0. The van der Waals surface area contributed by atoms with Crippen LogP contribution in [0, 0.1) is 0 Å². The highest BCUT2D eigenvalue weighted by Crippen LogP contribution is 2.14. The molecule has 2 heterocycles. The van der Waals surface area contributed by atoms with Crippen LogP contribution in [0.1, 0.15) is 22.8 Å². The molecule has 0 saturated carbocycles. The quantitative estimate of drug-likeness (QED) is 0.841. The summed E-state index contributed by atoms with van der Waals surface area (Å²) in [5.41, 5.74) is 2.17. The molecule has 2 aromatic rings. The van der Waals surface area contributed by atoms with Crippen LogP contribution in [0.3, 0.4) is 0 Å². The molecule has 7 heteroatoms. The highest BCUT2D eigenvalue weighted by atomic mass is 16.2. The van der Waals surface area contributed by atoms with Gasteiger partial charge in [0, 0.05) is 57.1 Å². The Hall–Kier alpha value is -2.93. The summed E-state index contributed by atoms with van der Waals surface area (Å²) in [6.07, 6.45) is 1.81. The molecule has 3 rings (SSSR count). The summed E-state index contributed by atoms with van der Waals surface area (Å²) in [5, 5.41) is 5.57. The zero-order valence-corrected chi connectivity index (χ0v) is 15.7. The molecule has 1 aromatic heterocycles. The fourth-order valence-electron chi connectivity index (χ4n) is 2.94. The SMILES string of the molecule is CC(=O)Nc1ccc(C(=O)NCc2ccc(N3CCN(C)CC3)nc2)cc1. The molecule has 0 aliphatic carbocycles. The van der Waals surface area contributed by atoms with Crippen LogP contribution in [0.5, 0.6) is 0 Å². The Balaban J connectivity index is 1.52. The van der Waals surface area contributed by atoms with Crippen molar-refractivity contribution in [1.82, 2.24) is 15.2 Å². The molecular formula is C20H25N5O2. The van der Waals surface area contributed by atoms with Gasteiger partial charge >= 0.3 is 0 Å². The molecule has 0 unspecified atom stereocenters. The summed E-state index contributed by atoms with van der Waals surface area (Å²) in [6.45, 7) is 5.91. The number of carbonyl (C=O) groups excluding carboxylic acids is 2. The second-order valence-corrected chi connectivity index (χ2v) is 6.76. The van der Waals surface area contributed by atoms with Crippen molar-refractivity contribution in [1.29, 1.82) is 0 Å². The van der Waals surface area contributed by atoms with Crippen LogP contribution in [-0.2, 0) is 11.3 Å². The Morgan fingerprint density at radius 3 is 2.33 bits per heavy atom. The number of pyridine rings is 1. The van der Waals surface area contributed by atoms with E-state index in [0.717, 1.165) is 37.6 Å². The molecule has 1 fully saturated rings. The van der Waals surface area contributed by atoms with Crippen molar-refractivity contribution in [2.45, 2.75) is 13.5 Å². The maximum atomic E-state index is 12.3. The smallest absolute Gasteiger partial charge is 0.251 e. The van der Waals surface area contributed by atoms with Gasteiger partial charge in [-0.25, -0.2) is 4.98 Å². The molecule has 2 amide bonds. The van der Waals surface area contributed by atoms with Gasteiger partial charge in [0.05, 0.1) is 0 Å². The van der Waals surface area contributed by atoms with Gasteiger partial charge in [-0.2, -0.15) is 0 Å². The molecule has 0 atom stereocenters. The first kappa shape index (κ1) is 18.8. The lowest BCUT2D eigenvalue weighted by Crippen LogP contribution is -2.44. The minimum atomic E-state index is -0.160. The predicted molar refractivity (Wildman–Crippen MR) is 106 cm³/mol. The summed E-state index contributed by atoms with van der Waals surface area (Å²) in [5.74, 6) is 0.680. The van der Waals surface area contributed by atoms with Gasteiger partial charge < -0.3 is 20.4 Å². The monoisotopic (exact) mass is 367 g/mol. The molecule has 1 aliphatic heterocycles. The van der Waals surface area contributed by atoms with Crippen LogP contribution < -0.4 is 15.5 Å². The number of carbonyl (C=O) groups is 2. The summed E-state index contributed by atoms with van der Waals surface area (Å²) >= 11 is 0. The minimum Gasteiger partial charge on any atom is -0.354 e. The third-order valence-electron chi connectivity index (χ3n) is 4.56. The number of anilines is 2. The third kappa shape index (κ3) is 5.27. The molecule has 7 nitrogen and oxygen atoms in total. The Labute approximate surface area is 159 Å². The predicted octanol–water partition coefficient (Wildman–Crippen LogP) is 1.72. The second kappa shape index (κ2) is 8.64. The topological polar surface area (TPSA) is 77.6 Å². The number of benzene rings is 1. The van der Waals surface area contributed by atoms with Gasteiger partial charge in [0.1, 0.15) is 5.82 Å². The molecular weight excluding hydrogens is 342 g/mol. The first-order valence-corrected chi connectivity index (χ1v) is 9.05. The van der Waals surface area contributed by atoms with Gasteiger partial charge in [0.25, 0.3) is 5.91 Å². The van der Waals surface area contributed by atoms with E-state index in [1.165, 1.54) is 6.92 Å². The van der Waals surface area contributed by atoms with Crippen molar-refractivity contribution in [3.05, 3.63) is 53.7 Å². The molecule has 1 aromatic carbocycles. The zero-order chi connectivity index (χ0) is 19.2. The molecule has 0 bridgehead atoms. The van der Waals surface area contributed by atoms with Crippen LogP contribution >= 0.6 is 0 Å². The summed E-state index contributed by atoms with van der Waals surface area (Å²) in [7, 11) is 2.13. The Bertz CT molecular complexity index is 781. The Morgan fingerprint density at radius 1 is 1.04 bits per heavy atom. The van der Waals surface area contributed by atoms with Crippen molar-refractivity contribution in [2.75, 3.05) is 43.4 Å². The van der Waals surface area contributed by atoms with Crippen LogP contribution in [0.15, 0.2) is 42.6 Å². The van der Waals surface area contributed by atoms with Crippen molar-refractivity contribution in [2.24, 2.45) is 0 Å². The largest absolute Gasteiger partial charge is 0.354 e. The Kier molecular flexibility index (Phi) is 6.03. The first-order chi connectivity index (χ1) is 13.0. The number of rotatable bonds is 5. The number of nitrogens with one attached hydrogen (secondary N) is 2. The molecule has 0 radical (unpaired) electrons. The minimum absolute atomic E-state index is 0.139. The van der Waals surface area contributed by atoms with Gasteiger partial charge in [-0.1, -0.05) is 6.07 Å². The third-order valence-corrected chi connectivity index (χ3v) is 4.56. The number of aromatic nitrogens is 1. The molecule has 1 aliphatic rings. The van der Waals surface area contributed by atoms with Crippen molar-refractivity contribution >= 4 is 23.3 Å². The van der Waals surface area contributed by atoms with Crippen LogP contribution in [0.4, 0.5) is 11.5 Å². The number of hydrogen-bond donors (Lipinski definition) is 2. The maximum absolute atomic E-state index is 12.3. The van der Waals surface area contributed by atoms with Gasteiger partial charge in [-0.15, -0.1) is 0 Å². The van der Waals surface area contributed by atoms with Gasteiger partial charge in [0.15, 0.2) is 0 Å². The maximum Gasteiger partial charge on any atom is 0.251 e.